The van der Waals surface area contributed by atoms with E-state index in [-0.39, 0.29) is 12.5 Å². The molecule has 0 aliphatic heterocycles. The van der Waals surface area contributed by atoms with Gasteiger partial charge < -0.3 is 5.32 Å². The SMILES string of the molecule is CCCN(CC(=O)Nc1ccc(Cl)cc1Cl)Cc1cccc(C#N)c1. The fourth-order valence-electron chi connectivity index (χ4n) is 2.51. The summed E-state index contributed by atoms with van der Waals surface area (Å²) < 4.78 is 0. The predicted octanol–water partition coefficient (Wildman–Crippen LogP) is 4.72. The van der Waals surface area contributed by atoms with E-state index in [2.05, 4.69) is 18.3 Å². The molecule has 0 saturated carbocycles. The monoisotopic (exact) mass is 375 g/mol. The Kier molecular flexibility index (Phi) is 7.27. The van der Waals surface area contributed by atoms with Crippen LogP contribution in [0.25, 0.3) is 0 Å². The number of anilines is 1. The number of nitrogens with zero attached hydrogens (tertiary/aromatic N) is 2. The molecule has 0 fully saturated rings. The third kappa shape index (κ3) is 6.06. The van der Waals surface area contributed by atoms with Crippen molar-refractivity contribution in [2.24, 2.45) is 0 Å². The van der Waals surface area contributed by atoms with Crippen molar-refractivity contribution in [1.82, 2.24) is 4.90 Å². The van der Waals surface area contributed by atoms with Crippen LogP contribution < -0.4 is 5.32 Å². The van der Waals surface area contributed by atoms with Crippen LogP contribution in [-0.2, 0) is 11.3 Å². The van der Waals surface area contributed by atoms with E-state index in [1.54, 1.807) is 24.3 Å². The van der Waals surface area contributed by atoms with Crippen LogP contribution in [0.5, 0.6) is 0 Å². The molecule has 0 spiro atoms. The minimum atomic E-state index is -0.144. The van der Waals surface area contributed by atoms with Crippen LogP contribution in [-0.4, -0.2) is 23.9 Å². The third-order valence-corrected chi connectivity index (χ3v) is 4.12. The lowest BCUT2D eigenvalue weighted by molar-refractivity contribution is -0.117. The number of benzene rings is 2. The molecule has 0 aromatic heterocycles. The van der Waals surface area contributed by atoms with Crippen LogP contribution in [0.2, 0.25) is 10.0 Å². The summed E-state index contributed by atoms with van der Waals surface area (Å²) in [5, 5.41) is 12.7. The number of carbonyl (C=O) groups excluding carboxylic acids is 1. The van der Waals surface area contributed by atoms with Crippen molar-refractivity contribution in [1.29, 1.82) is 5.26 Å². The molecule has 2 rings (SSSR count). The highest BCUT2D eigenvalue weighted by molar-refractivity contribution is 6.36. The van der Waals surface area contributed by atoms with Crippen molar-refractivity contribution in [3.8, 4) is 6.07 Å². The maximum Gasteiger partial charge on any atom is 0.238 e. The van der Waals surface area contributed by atoms with Gasteiger partial charge in [0.2, 0.25) is 5.91 Å². The number of amides is 1. The van der Waals surface area contributed by atoms with E-state index in [4.69, 9.17) is 28.5 Å². The Morgan fingerprint density at radius 2 is 2.04 bits per heavy atom. The van der Waals surface area contributed by atoms with Gasteiger partial charge in [-0.15, -0.1) is 0 Å². The lowest BCUT2D eigenvalue weighted by Gasteiger charge is -2.21. The first-order valence-corrected chi connectivity index (χ1v) is 8.73. The lowest BCUT2D eigenvalue weighted by atomic mass is 10.1. The zero-order valence-corrected chi connectivity index (χ0v) is 15.4. The van der Waals surface area contributed by atoms with Crippen molar-refractivity contribution in [3.05, 3.63) is 63.6 Å². The second-order valence-corrected chi connectivity index (χ2v) is 6.54. The number of nitrogens with one attached hydrogen (secondary N) is 1. The molecule has 0 radical (unpaired) electrons. The van der Waals surface area contributed by atoms with Gasteiger partial charge in [0.1, 0.15) is 0 Å². The predicted molar refractivity (Wildman–Crippen MR) is 102 cm³/mol. The van der Waals surface area contributed by atoms with Gasteiger partial charge in [-0.3, -0.25) is 9.69 Å². The molecular formula is C19H19Cl2N3O. The summed E-state index contributed by atoms with van der Waals surface area (Å²) in [5.41, 5.74) is 2.16. The van der Waals surface area contributed by atoms with Gasteiger partial charge in [0.25, 0.3) is 0 Å². The first-order chi connectivity index (χ1) is 12.0. The zero-order valence-electron chi connectivity index (χ0n) is 13.9. The smallest absolute Gasteiger partial charge is 0.238 e. The summed E-state index contributed by atoms with van der Waals surface area (Å²) in [6, 6.07) is 14.5. The molecule has 1 N–H and O–H groups in total. The maximum atomic E-state index is 12.4. The molecule has 0 atom stereocenters. The van der Waals surface area contributed by atoms with E-state index >= 15 is 0 Å². The molecule has 2 aromatic carbocycles. The minimum Gasteiger partial charge on any atom is -0.324 e. The summed E-state index contributed by atoms with van der Waals surface area (Å²) in [5.74, 6) is -0.144. The molecule has 0 aliphatic carbocycles. The average Bonchev–Trinajstić information content (AvgIpc) is 2.58. The molecule has 4 nitrogen and oxygen atoms in total. The lowest BCUT2D eigenvalue weighted by Crippen LogP contribution is -2.33. The van der Waals surface area contributed by atoms with Gasteiger partial charge in [-0.2, -0.15) is 5.26 Å². The highest BCUT2D eigenvalue weighted by Gasteiger charge is 2.13. The Morgan fingerprint density at radius 3 is 2.72 bits per heavy atom. The van der Waals surface area contributed by atoms with Crippen molar-refractivity contribution in [2.75, 3.05) is 18.4 Å². The van der Waals surface area contributed by atoms with Gasteiger partial charge >= 0.3 is 0 Å². The second-order valence-electron chi connectivity index (χ2n) is 5.70. The number of rotatable bonds is 7. The number of nitriles is 1. The van der Waals surface area contributed by atoms with Crippen LogP contribution in [0.15, 0.2) is 42.5 Å². The van der Waals surface area contributed by atoms with E-state index in [1.165, 1.54) is 0 Å². The van der Waals surface area contributed by atoms with E-state index in [9.17, 15) is 4.79 Å². The number of hydrogen-bond acceptors (Lipinski definition) is 3. The normalized spacial score (nSPS) is 10.5. The van der Waals surface area contributed by atoms with Crippen LogP contribution in [0.1, 0.15) is 24.5 Å². The van der Waals surface area contributed by atoms with E-state index in [0.717, 1.165) is 18.5 Å². The molecular weight excluding hydrogens is 357 g/mol. The Balaban J connectivity index is 2.02. The quantitative estimate of drug-likeness (QED) is 0.761. The Hall–Kier alpha value is -2.06. The van der Waals surface area contributed by atoms with Crippen LogP contribution >= 0.6 is 23.2 Å². The van der Waals surface area contributed by atoms with Gasteiger partial charge in [-0.25, -0.2) is 0 Å². The highest BCUT2D eigenvalue weighted by atomic mass is 35.5. The standard InChI is InChI=1S/C19H19Cl2N3O/c1-2-8-24(12-15-5-3-4-14(9-15)11-22)13-19(25)23-18-7-6-16(20)10-17(18)21/h3-7,9-10H,2,8,12-13H2,1H3,(H,23,25). The molecule has 0 heterocycles. The van der Waals surface area contributed by atoms with Crippen molar-refractivity contribution in [2.45, 2.75) is 19.9 Å². The molecule has 25 heavy (non-hydrogen) atoms. The molecule has 0 saturated heterocycles. The van der Waals surface area contributed by atoms with Gasteiger partial charge in [-0.05, 0) is 48.9 Å². The number of halogens is 2. The van der Waals surface area contributed by atoms with Gasteiger partial charge in [-0.1, -0.05) is 42.3 Å². The highest BCUT2D eigenvalue weighted by Crippen LogP contribution is 2.25. The Morgan fingerprint density at radius 1 is 1.24 bits per heavy atom. The van der Waals surface area contributed by atoms with E-state index in [0.29, 0.717) is 27.8 Å². The van der Waals surface area contributed by atoms with Crippen molar-refractivity contribution < 1.29 is 4.79 Å². The number of carbonyl (C=O) groups is 1. The summed E-state index contributed by atoms with van der Waals surface area (Å²) in [6.07, 6.45) is 0.924. The fourth-order valence-corrected chi connectivity index (χ4v) is 2.97. The first-order valence-electron chi connectivity index (χ1n) is 7.98. The topological polar surface area (TPSA) is 56.1 Å². The van der Waals surface area contributed by atoms with Gasteiger partial charge in [0.15, 0.2) is 0 Å². The Bertz CT molecular complexity index is 786. The molecule has 130 valence electrons. The van der Waals surface area contributed by atoms with Crippen LogP contribution in [0.3, 0.4) is 0 Å². The summed E-state index contributed by atoms with van der Waals surface area (Å²) in [4.78, 5) is 14.4. The molecule has 1 amide bonds. The van der Waals surface area contributed by atoms with Crippen molar-refractivity contribution >= 4 is 34.8 Å². The minimum absolute atomic E-state index is 0.144. The summed E-state index contributed by atoms with van der Waals surface area (Å²) >= 11 is 12.0. The molecule has 0 aliphatic rings. The molecule has 6 heteroatoms. The molecule has 2 aromatic rings. The molecule has 0 bridgehead atoms. The van der Waals surface area contributed by atoms with Gasteiger partial charge in [0.05, 0.1) is 28.9 Å². The second kappa shape index (κ2) is 9.43. The average molecular weight is 376 g/mol. The van der Waals surface area contributed by atoms with E-state index < -0.39 is 0 Å². The largest absolute Gasteiger partial charge is 0.324 e. The maximum absolute atomic E-state index is 12.4. The van der Waals surface area contributed by atoms with Crippen LogP contribution in [0, 0.1) is 11.3 Å². The molecule has 0 unspecified atom stereocenters. The van der Waals surface area contributed by atoms with Gasteiger partial charge in [0, 0.05) is 11.6 Å². The summed E-state index contributed by atoms with van der Waals surface area (Å²) in [6.45, 7) is 3.68. The summed E-state index contributed by atoms with van der Waals surface area (Å²) in [7, 11) is 0. The van der Waals surface area contributed by atoms with E-state index in [1.807, 2.05) is 23.1 Å². The number of hydrogen-bond donors (Lipinski definition) is 1. The first kappa shape index (κ1) is 19.3. The Labute approximate surface area is 158 Å². The van der Waals surface area contributed by atoms with Crippen LogP contribution in [0.4, 0.5) is 5.69 Å². The fraction of sp³-hybridized carbons (Fsp3) is 0.263. The zero-order chi connectivity index (χ0) is 18.2. The third-order valence-electron chi connectivity index (χ3n) is 3.57. The van der Waals surface area contributed by atoms with Crippen molar-refractivity contribution in [3.63, 3.8) is 0 Å².